The minimum Gasteiger partial charge on any atom is -0.390 e. The van der Waals surface area contributed by atoms with Gasteiger partial charge in [0.15, 0.2) is 0 Å². The number of allylic oxidation sites excluding steroid dienone is 1. The Morgan fingerprint density at radius 3 is 2.78 bits per heavy atom. The minimum absolute atomic E-state index is 0.356. The van der Waals surface area contributed by atoms with E-state index in [0.717, 1.165) is 19.5 Å². The maximum Gasteiger partial charge on any atom is 0.0838 e. The summed E-state index contributed by atoms with van der Waals surface area (Å²) in [6, 6.07) is 0. The van der Waals surface area contributed by atoms with E-state index < -0.39 is 0 Å². The SMILES string of the molecule is C/C=C\CCN(CC)CC(O)CN/C=C/N=C\C. The molecule has 1 unspecified atom stereocenters. The molecule has 1 atom stereocenters. The van der Waals surface area contributed by atoms with Crippen LogP contribution in [0.2, 0.25) is 0 Å². The van der Waals surface area contributed by atoms with E-state index in [1.807, 2.05) is 13.8 Å². The second kappa shape index (κ2) is 12.3. The van der Waals surface area contributed by atoms with Gasteiger partial charge < -0.3 is 15.3 Å². The molecule has 0 heterocycles. The van der Waals surface area contributed by atoms with Crippen molar-refractivity contribution in [3.8, 4) is 0 Å². The summed E-state index contributed by atoms with van der Waals surface area (Å²) in [5, 5.41) is 12.9. The van der Waals surface area contributed by atoms with Crippen LogP contribution in [0.4, 0.5) is 0 Å². The van der Waals surface area contributed by atoms with E-state index in [4.69, 9.17) is 0 Å². The molecule has 0 amide bonds. The normalized spacial score (nSPS) is 14.3. The molecule has 104 valence electrons. The van der Waals surface area contributed by atoms with Gasteiger partial charge >= 0.3 is 0 Å². The van der Waals surface area contributed by atoms with Gasteiger partial charge in [-0.3, -0.25) is 4.99 Å². The van der Waals surface area contributed by atoms with Crippen LogP contribution < -0.4 is 5.32 Å². The molecule has 2 N–H and O–H groups in total. The van der Waals surface area contributed by atoms with Crippen LogP contribution in [0.15, 0.2) is 29.5 Å². The van der Waals surface area contributed by atoms with Crippen LogP contribution in [0.1, 0.15) is 27.2 Å². The molecule has 0 aromatic carbocycles. The minimum atomic E-state index is -0.356. The predicted molar refractivity (Wildman–Crippen MR) is 78.9 cm³/mol. The topological polar surface area (TPSA) is 47.9 Å². The van der Waals surface area contributed by atoms with E-state index in [1.54, 1.807) is 18.6 Å². The number of nitrogens with zero attached hydrogens (tertiary/aromatic N) is 2. The molecule has 0 saturated carbocycles. The van der Waals surface area contributed by atoms with E-state index in [1.165, 1.54) is 0 Å². The summed E-state index contributed by atoms with van der Waals surface area (Å²) in [6.07, 6.45) is 10.0. The van der Waals surface area contributed by atoms with Crippen LogP contribution >= 0.6 is 0 Å². The summed E-state index contributed by atoms with van der Waals surface area (Å²) in [6.45, 7) is 9.22. The second-order valence-corrected chi connectivity index (χ2v) is 4.04. The molecular formula is C14H27N3O. The van der Waals surface area contributed by atoms with Gasteiger partial charge in [-0.1, -0.05) is 19.1 Å². The Morgan fingerprint density at radius 2 is 2.17 bits per heavy atom. The smallest absolute Gasteiger partial charge is 0.0838 e. The lowest BCUT2D eigenvalue weighted by atomic mass is 10.3. The summed E-state index contributed by atoms with van der Waals surface area (Å²) in [5.41, 5.74) is 0. The van der Waals surface area contributed by atoms with Gasteiger partial charge in [-0.2, -0.15) is 0 Å². The Labute approximate surface area is 111 Å². The van der Waals surface area contributed by atoms with Gasteiger partial charge in [0.1, 0.15) is 0 Å². The highest BCUT2D eigenvalue weighted by atomic mass is 16.3. The third-order valence-electron chi connectivity index (χ3n) is 2.54. The highest BCUT2D eigenvalue weighted by molar-refractivity contribution is 5.54. The molecule has 0 aliphatic rings. The molecular weight excluding hydrogens is 226 g/mol. The van der Waals surface area contributed by atoms with Crippen molar-refractivity contribution in [3.05, 3.63) is 24.6 Å². The Morgan fingerprint density at radius 1 is 1.39 bits per heavy atom. The van der Waals surface area contributed by atoms with E-state index in [2.05, 4.69) is 34.3 Å². The largest absolute Gasteiger partial charge is 0.390 e. The first-order valence-electron chi connectivity index (χ1n) is 6.62. The van der Waals surface area contributed by atoms with Gasteiger partial charge in [0, 0.05) is 38.2 Å². The lowest BCUT2D eigenvalue weighted by molar-refractivity contribution is 0.118. The predicted octanol–water partition coefficient (Wildman–Crippen LogP) is 1.79. The zero-order chi connectivity index (χ0) is 13.6. The molecule has 0 rings (SSSR count). The monoisotopic (exact) mass is 253 g/mol. The molecule has 0 bridgehead atoms. The molecule has 0 aromatic rings. The summed E-state index contributed by atoms with van der Waals surface area (Å²) in [7, 11) is 0. The zero-order valence-electron chi connectivity index (χ0n) is 11.8. The van der Waals surface area contributed by atoms with Gasteiger partial charge in [0.2, 0.25) is 0 Å². The fourth-order valence-electron chi connectivity index (χ4n) is 1.55. The third kappa shape index (κ3) is 10.1. The number of likely N-dealkylation sites (N-methyl/N-ethyl adjacent to an activating group) is 1. The molecule has 4 nitrogen and oxygen atoms in total. The van der Waals surface area contributed by atoms with Crippen molar-refractivity contribution < 1.29 is 5.11 Å². The number of aliphatic hydroxyl groups is 1. The molecule has 0 aromatic heterocycles. The molecule has 0 fully saturated rings. The molecule has 0 aliphatic heterocycles. The maximum absolute atomic E-state index is 9.87. The van der Waals surface area contributed by atoms with Crippen LogP contribution in [0.3, 0.4) is 0 Å². The number of hydrogen-bond donors (Lipinski definition) is 2. The van der Waals surface area contributed by atoms with Crippen LogP contribution in [0.5, 0.6) is 0 Å². The maximum atomic E-state index is 9.87. The van der Waals surface area contributed by atoms with Gasteiger partial charge in [0.25, 0.3) is 0 Å². The lowest BCUT2D eigenvalue weighted by Gasteiger charge is -2.22. The van der Waals surface area contributed by atoms with Crippen LogP contribution in [-0.4, -0.2) is 48.5 Å². The van der Waals surface area contributed by atoms with E-state index >= 15 is 0 Å². The molecule has 0 aliphatic carbocycles. The molecule has 0 radical (unpaired) electrons. The summed E-state index contributed by atoms with van der Waals surface area (Å²) < 4.78 is 0. The standard InChI is InChI=1S/C14H27N3O/c1-4-7-8-11-17(6-3)13-14(18)12-16-10-9-15-5-2/h4-5,7,9-10,14,16,18H,6,8,11-13H2,1-3H3/b7-4-,10-9+,15-5-. The Kier molecular flexibility index (Phi) is 11.6. The average molecular weight is 253 g/mol. The number of hydrogen-bond acceptors (Lipinski definition) is 4. The summed E-state index contributed by atoms with van der Waals surface area (Å²) in [4.78, 5) is 6.18. The fourth-order valence-corrected chi connectivity index (χ4v) is 1.55. The molecule has 4 heteroatoms. The Balaban J connectivity index is 3.77. The van der Waals surface area contributed by atoms with Crippen LogP contribution in [0.25, 0.3) is 0 Å². The molecule has 0 spiro atoms. The van der Waals surface area contributed by atoms with Crippen LogP contribution in [0, 0.1) is 0 Å². The Hall–Kier alpha value is -1.13. The first-order valence-corrected chi connectivity index (χ1v) is 6.62. The number of rotatable bonds is 10. The van der Waals surface area contributed by atoms with Gasteiger partial charge in [-0.15, -0.1) is 0 Å². The van der Waals surface area contributed by atoms with E-state index in [-0.39, 0.29) is 6.10 Å². The van der Waals surface area contributed by atoms with E-state index in [0.29, 0.717) is 13.1 Å². The zero-order valence-corrected chi connectivity index (χ0v) is 11.8. The van der Waals surface area contributed by atoms with Crippen molar-refractivity contribution in [1.82, 2.24) is 10.2 Å². The summed E-state index contributed by atoms with van der Waals surface area (Å²) in [5.74, 6) is 0. The van der Waals surface area contributed by atoms with Gasteiger partial charge in [-0.05, 0) is 26.8 Å². The van der Waals surface area contributed by atoms with Crippen molar-refractivity contribution in [2.24, 2.45) is 4.99 Å². The number of aliphatic hydroxyl groups excluding tert-OH is 1. The van der Waals surface area contributed by atoms with Crippen LogP contribution in [-0.2, 0) is 0 Å². The molecule has 18 heavy (non-hydrogen) atoms. The van der Waals surface area contributed by atoms with Gasteiger partial charge in [0.05, 0.1) is 6.10 Å². The van der Waals surface area contributed by atoms with Crippen molar-refractivity contribution in [3.63, 3.8) is 0 Å². The van der Waals surface area contributed by atoms with Crippen molar-refractivity contribution in [2.45, 2.75) is 33.3 Å². The van der Waals surface area contributed by atoms with Crippen molar-refractivity contribution >= 4 is 6.21 Å². The first-order chi connectivity index (χ1) is 8.74. The second-order valence-electron chi connectivity index (χ2n) is 4.04. The van der Waals surface area contributed by atoms with E-state index in [9.17, 15) is 5.11 Å². The number of aliphatic imine (C=N–C) groups is 1. The number of nitrogens with one attached hydrogen (secondary N) is 1. The summed E-state index contributed by atoms with van der Waals surface area (Å²) >= 11 is 0. The highest BCUT2D eigenvalue weighted by Crippen LogP contribution is 1.95. The third-order valence-corrected chi connectivity index (χ3v) is 2.54. The average Bonchev–Trinajstić information content (AvgIpc) is 2.37. The quantitative estimate of drug-likeness (QED) is 0.461. The van der Waals surface area contributed by atoms with Crippen molar-refractivity contribution in [2.75, 3.05) is 26.2 Å². The van der Waals surface area contributed by atoms with Gasteiger partial charge in [-0.25, -0.2) is 0 Å². The fraction of sp³-hybridized carbons (Fsp3) is 0.643. The van der Waals surface area contributed by atoms with Crippen molar-refractivity contribution in [1.29, 1.82) is 0 Å². The molecule has 0 saturated heterocycles. The first kappa shape index (κ1) is 16.9. The lowest BCUT2D eigenvalue weighted by Crippen LogP contribution is -2.37. The Bertz CT molecular complexity index is 262. The highest BCUT2D eigenvalue weighted by Gasteiger charge is 2.08.